The van der Waals surface area contributed by atoms with E-state index >= 15 is 0 Å². The van der Waals surface area contributed by atoms with Crippen LogP contribution in [0, 0.1) is 0 Å². The summed E-state index contributed by atoms with van der Waals surface area (Å²) >= 11 is 8.73. The van der Waals surface area contributed by atoms with Gasteiger partial charge in [-0.3, -0.25) is 4.79 Å². The molecule has 0 spiro atoms. The molecule has 1 atom stereocenters. The lowest BCUT2D eigenvalue weighted by atomic mass is 10.3. The van der Waals surface area contributed by atoms with E-state index in [1.54, 1.807) is 6.20 Å². The quantitative estimate of drug-likeness (QED) is 0.728. The fourth-order valence-electron chi connectivity index (χ4n) is 1.26. The van der Waals surface area contributed by atoms with Crippen molar-refractivity contribution in [1.82, 2.24) is 10.2 Å². The molecule has 0 saturated carbocycles. The fourth-order valence-corrected chi connectivity index (χ4v) is 1.86. The first-order chi connectivity index (χ1) is 6.18. The monoisotopic (exact) mass is 260 g/mol. The molecule has 0 amide bonds. The molecule has 68 valence electrons. The Morgan fingerprint density at radius 3 is 3.08 bits per heavy atom. The zero-order valence-corrected chi connectivity index (χ0v) is 8.84. The molecule has 3 nitrogen and oxygen atoms in total. The maximum absolute atomic E-state index is 10.8. The number of halogens is 2. The molecule has 2 heterocycles. The highest BCUT2D eigenvalue weighted by Gasteiger charge is 2.28. The van der Waals surface area contributed by atoms with E-state index in [1.807, 2.05) is 23.3 Å². The van der Waals surface area contributed by atoms with Crippen LogP contribution in [0.3, 0.4) is 0 Å². The SMILES string of the molecule is O=C(Cl)C1=CN2C=CC=C(Br)[C@@H]2N1. The van der Waals surface area contributed by atoms with Crippen LogP contribution in [0.15, 0.2) is 34.7 Å². The summed E-state index contributed by atoms with van der Waals surface area (Å²) in [5, 5.41) is 2.51. The Balaban J connectivity index is 2.25. The van der Waals surface area contributed by atoms with Crippen LogP contribution in [0.25, 0.3) is 0 Å². The van der Waals surface area contributed by atoms with E-state index in [9.17, 15) is 4.79 Å². The van der Waals surface area contributed by atoms with Gasteiger partial charge in [0.2, 0.25) is 0 Å². The summed E-state index contributed by atoms with van der Waals surface area (Å²) in [6.45, 7) is 0. The van der Waals surface area contributed by atoms with E-state index in [0.717, 1.165) is 4.48 Å². The second kappa shape index (κ2) is 3.20. The third-order valence-electron chi connectivity index (χ3n) is 1.86. The predicted molar refractivity (Wildman–Crippen MR) is 53.9 cm³/mol. The third kappa shape index (κ3) is 1.51. The van der Waals surface area contributed by atoms with Gasteiger partial charge >= 0.3 is 0 Å². The van der Waals surface area contributed by atoms with Gasteiger partial charge in [0.1, 0.15) is 11.9 Å². The molecule has 0 saturated heterocycles. The molecule has 0 aromatic rings. The minimum atomic E-state index is -0.469. The van der Waals surface area contributed by atoms with E-state index in [-0.39, 0.29) is 6.17 Å². The van der Waals surface area contributed by atoms with Gasteiger partial charge in [-0.25, -0.2) is 0 Å². The summed E-state index contributed by atoms with van der Waals surface area (Å²) in [6, 6.07) is 0. The molecule has 2 rings (SSSR count). The zero-order chi connectivity index (χ0) is 9.42. The largest absolute Gasteiger partial charge is 0.356 e. The van der Waals surface area contributed by atoms with Crippen LogP contribution in [-0.4, -0.2) is 16.3 Å². The first kappa shape index (κ1) is 8.84. The van der Waals surface area contributed by atoms with Crippen molar-refractivity contribution in [3.8, 4) is 0 Å². The van der Waals surface area contributed by atoms with Gasteiger partial charge in [0.05, 0.1) is 0 Å². The van der Waals surface area contributed by atoms with Crippen LogP contribution in [0.1, 0.15) is 0 Å². The van der Waals surface area contributed by atoms with Gasteiger partial charge < -0.3 is 10.2 Å². The maximum atomic E-state index is 10.8. The molecule has 0 aromatic carbocycles. The van der Waals surface area contributed by atoms with E-state index < -0.39 is 5.24 Å². The number of rotatable bonds is 1. The van der Waals surface area contributed by atoms with Crippen molar-refractivity contribution >= 4 is 32.8 Å². The summed E-state index contributed by atoms with van der Waals surface area (Å²) in [5.41, 5.74) is 0.420. The van der Waals surface area contributed by atoms with E-state index in [0.29, 0.717) is 5.70 Å². The van der Waals surface area contributed by atoms with Gasteiger partial charge in [0, 0.05) is 16.9 Å². The Kier molecular flexibility index (Phi) is 2.17. The van der Waals surface area contributed by atoms with Crippen molar-refractivity contribution in [2.75, 3.05) is 0 Å². The molecular weight excluding hydrogens is 255 g/mol. The van der Waals surface area contributed by atoms with Gasteiger partial charge in [0.25, 0.3) is 5.24 Å². The number of fused-ring (bicyclic) bond motifs is 1. The summed E-state index contributed by atoms with van der Waals surface area (Å²) < 4.78 is 0.971. The second-order valence-electron chi connectivity index (χ2n) is 2.70. The molecule has 1 N–H and O–H groups in total. The third-order valence-corrected chi connectivity index (χ3v) is 2.76. The first-order valence-electron chi connectivity index (χ1n) is 3.68. The van der Waals surface area contributed by atoms with Crippen LogP contribution >= 0.6 is 27.5 Å². The number of hydrogen-bond donors (Lipinski definition) is 1. The van der Waals surface area contributed by atoms with Crippen molar-refractivity contribution in [2.24, 2.45) is 0 Å². The normalized spacial score (nSPS) is 24.8. The summed E-state index contributed by atoms with van der Waals surface area (Å²) in [7, 11) is 0. The predicted octanol–water partition coefficient (Wildman–Crippen LogP) is 1.63. The highest BCUT2D eigenvalue weighted by molar-refractivity contribution is 9.11. The fraction of sp³-hybridized carbons (Fsp3) is 0.125. The molecule has 5 heteroatoms. The highest BCUT2D eigenvalue weighted by Crippen LogP contribution is 2.25. The first-order valence-corrected chi connectivity index (χ1v) is 4.85. The Labute approximate surface area is 88.9 Å². The number of allylic oxidation sites excluding steroid dienone is 3. The molecule has 2 aliphatic rings. The molecule has 0 aliphatic carbocycles. The zero-order valence-electron chi connectivity index (χ0n) is 6.50. The molecule has 2 aliphatic heterocycles. The van der Waals surface area contributed by atoms with Crippen LogP contribution in [0.2, 0.25) is 0 Å². The molecular formula is C8H6BrClN2O. The van der Waals surface area contributed by atoms with Gasteiger partial charge in [-0.05, 0) is 23.8 Å². The van der Waals surface area contributed by atoms with Crippen molar-refractivity contribution < 1.29 is 4.79 Å². The Hall–Kier alpha value is -0.740. The van der Waals surface area contributed by atoms with Gasteiger partial charge in [-0.1, -0.05) is 15.9 Å². The van der Waals surface area contributed by atoms with Crippen molar-refractivity contribution in [2.45, 2.75) is 6.17 Å². The number of carbonyl (C=O) groups excluding carboxylic acids is 1. The summed E-state index contributed by atoms with van der Waals surface area (Å²) in [5.74, 6) is 0. The summed E-state index contributed by atoms with van der Waals surface area (Å²) in [6.07, 6.45) is 7.34. The molecule has 0 fully saturated rings. The van der Waals surface area contributed by atoms with E-state index in [4.69, 9.17) is 11.6 Å². The Bertz CT molecular complexity index is 348. The lowest BCUT2D eigenvalue weighted by Gasteiger charge is -2.24. The smallest absolute Gasteiger partial charge is 0.269 e. The topological polar surface area (TPSA) is 32.3 Å². The van der Waals surface area contributed by atoms with E-state index in [2.05, 4.69) is 21.2 Å². The molecule has 0 aromatic heterocycles. The lowest BCUT2D eigenvalue weighted by molar-refractivity contribution is -0.108. The van der Waals surface area contributed by atoms with Crippen LogP contribution in [-0.2, 0) is 4.79 Å². The van der Waals surface area contributed by atoms with Gasteiger partial charge in [-0.15, -0.1) is 0 Å². The number of carbonyl (C=O) groups is 1. The summed E-state index contributed by atoms with van der Waals surface area (Å²) in [4.78, 5) is 12.7. The molecule has 0 radical (unpaired) electrons. The van der Waals surface area contributed by atoms with Gasteiger partial charge in [0.15, 0.2) is 0 Å². The highest BCUT2D eigenvalue weighted by atomic mass is 79.9. The number of nitrogens with zero attached hydrogens (tertiary/aromatic N) is 1. The second-order valence-corrected chi connectivity index (χ2v) is 3.96. The Morgan fingerprint density at radius 1 is 1.69 bits per heavy atom. The average Bonchev–Trinajstić information content (AvgIpc) is 2.49. The standard InChI is InChI=1S/C8H6BrClN2O/c9-5-2-1-3-12-4-6(7(10)13)11-8(5)12/h1-4,8,11H/t8-/m1/s1. The van der Waals surface area contributed by atoms with Crippen molar-refractivity contribution in [3.63, 3.8) is 0 Å². The van der Waals surface area contributed by atoms with Crippen molar-refractivity contribution in [1.29, 1.82) is 0 Å². The minimum Gasteiger partial charge on any atom is -0.356 e. The minimum absolute atomic E-state index is 0.0253. The number of hydrogen-bond acceptors (Lipinski definition) is 3. The lowest BCUT2D eigenvalue weighted by Crippen LogP contribution is -2.35. The van der Waals surface area contributed by atoms with Crippen LogP contribution < -0.4 is 5.32 Å². The van der Waals surface area contributed by atoms with Crippen LogP contribution in [0.4, 0.5) is 0 Å². The molecule has 0 unspecified atom stereocenters. The maximum Gasteiger partial charge on any atom is 0.269 e. The Morgan fingerprint density at radius 2 is 2.46 bits per heavy atom. The van der Waals surface area contributed by atoms with Crippen molar-refractivity contribution in [3.05, 3.63) is 34.7 Å². The number of nitrogens with one attached hydrogen (secondary N) is 1. The van der Waals surface area contributed by atoms with Crippen LogP contribution in [0.5, 0.6) is 0 Å². The molecule has 0 bridgehead atoms. The van der Waals surface area contributed by atoms with E-state index in [1.165, 1.54) is 0 Å². The molecule has 13 heavy (non-hydrogen) atoms. The van der Waals surface area contributed by atoms with Gasteiger partial charge in [-0.2, -0.15) is 0 Å². The average molecular weight is 262 g/mol.